The Bertz CT molecular complexity index is 985. The summed E-state index contributed by atoms with van der Waals surface area (Å²) in [6.07, 6.45) is 0. The first-order valence-corrected chi connectivity index (χ1v) is 8.79. The number of nitrogens with one attached hydrogen (secondary N) is 1. The molecule has 3 aromatic carbocycles. The second-order valence-electron chi connectivity index (χ2n) is 6.06. The van der Waals surface area contributed by atoms with Gasteiger partial charge in [0.25, 0.3) is 5.91 Å². The first kappa shape index (κ1) is 18.3. The molecule has 0 spiro atoms. The van der Waals surface area contributed by atoms with Crippen LogP contribution in [0.25, 0.3) is 11.1 Å². The lowest BCUT2D eigenvalue weighted by atomic mass is 9.97. The van der Waals surface area contributed by atoms with Gasteiger partial charge in [-0.1, -0.05) is 59.6 Å². The van der Waals surface area contributed by atoms with E-state index in [0.29, 0.717) is 26.9 Å². The van der Waals surface area contributed by atoms with Crippen LogP contribution in [-0.4, -0.2) is 11.0 Å². The predicted octanol–water partition coefficient (Wildman–Crippen LogP) is 6.24. The fraction of sp³-hybridized carbons (Fsp3) is 0.0952. The zero-order valence-electron chi connectivity index (χ0n) is 14.3. The highest BCUT2D eigenvalue weighted by Gasteiger charge is 2.21. The summed E-state index contributed by atoms with van der Waals surface area (Å²) in [6.45, 7) is 3.61. The van der Waals surface area contributed by atoms with Gasteiger partial charge >= 0.3 is 0 Å². The Labute approximate surface area is 162 Å². The van der Waals surface area contributed by atoms with Crippen LogP contribution >= 0.6 is 23.2 Å². The second kappa shape index (κ2) is 7.40. The van der Waals surface area contributed by atoms with E-state index in [0.717, 1.165) is 11.1 Å². The summed E-state index contributed by atoms with van der Waals surface area (Å²) < 4.78 is 0. The van der Waals surface area contributed by atoms with Crippen molar-refractivity contribution in [2.45, 2.75) is 13.8 Å². The van der Waals surface area contributed by atoms with Gasteiger partial charge in [-0.25, -0.2) is 0 Å². The van der Waals surface area contributed by atoms with Crippen molar-refractivity contribution in [1.29, 1.82) is 0 Å². The molecule has 0 fully saturated rings. The van der Waals surface area contributed by atoms with Gasteiger partial charge in [-0.3, -0.25) is 4.79 Å². The maximum Gasteiger partial charge on any atom is 0.259 e. The van der Waals surface area contributed by atoms with Crippen molar-refractivity contribution in [3.05, 3.63) is 81.3 Å². The summed E-state index contributed by atoms with van der Waals surface area (Å²) in [5.74, 6) is -0.579. The molecule has 0 heterocycles. The van der Waals surface area contributed by atoms with Gasteiger partial charge < -0.3 is 10.4 Å². The number of amides is 1. The maximum atomic E-state index is 12.8. The van der Waals surface area contributed by atoms with Crippen molar-refractivity contribution in [2.75, 3.05) is 5.32 Å². The van der Waals surface area contributed by atoms with Gasteiger partial charge in [0.15, 0.2) is 0 Å². The molecule has 0 aliphatic rings. The van der Waals surface area contributed by atoms with Gasteiger partial charge in [0, 0.05) is 10.6 Å². The molecule has 0 saturated carbocycles. The number of hydrogen-bond acceptors (Lipinski definition) is 2. The number of carbonyl (C=O) groups excluding carboxylic acids is 1. The molecule has 0 atom stereocenters. The number of phenols is 1. The molecule has 0 aliphatic heterocycles. The maximum absolute atomic E-state index is 12.8. The van der Waals surface area contributed by atoms with Crippen molar-refractivity contribution < 1.29 is 9.90 Å². The van der Waals surface area contributed by atoms with Crippen molar-refractivity contribution in [3.8, 4) is 16.9 Å². The molecule has 0 unspecified atom stereocenters. The van der Waals surface area contributed by atoms with Crippen molar-refractivity contribution in [2.24, 2.45) is 0 Å². The number of phenolic OH excluding ortho intramolecular Hbond substituents is 1. The Balaban J connectivity index is 2.06. The zero-order chi connectivity index (χ0) is 18.8. The van der Waals surface area contributed by atoms with Crippen molar-refractivity contribution in [1.82, 2.24) is 0 Å². The monoisotopic (exact) mass is 385 g/mol. The van der Waals surface area contributed by atoms with E-state index in [2.05, 4.69) is 5.32 Å². The van der Waals surface area contributed by atoms with E-state index in [1.807, 2.05) is 43.3 Å². The van der Waals surface area contributed by atoms with Crippen LogP contribution in [0.15, 0.2) is 54.6 Å². The van der Waals surface area contributed by atoms with Gasteiger partial charge in [0.1, 0.15) is 5.75 Å². The summed E-state index contributed by atoms with van der Waals surface area (Å²) in [7, 11) is 0. The quantitative estimate of drug-likeness (QED) is 0.560. The van der Waals surface area contributed by atoms with Crippen LogP contribution in [0, 0.1) is 13.8 Å². The summed E-state index contributed by atoms with van der Waals surface area (Å²) in [4.78, 5) is 12.8. The topological polar surface area (TPSA) is 49.3 Å². The molecule has 0 saturated heterocycles. The molecule has 0 aliphatic carbocycles. The lowest BCUT2D eigenvalue weighted by Gasteiger charge is -2.15. The van der Waals surface area contributed by atoms with Crippen LogP contribution in [0.2, 0.25) is 10.0 Å². The average molecular weight is 386 g/mol. The number of benzene rings is 3. The normalized spacial score (nSPS) is 10.6. The van der Waals surface area contributed by atoms with Gasteiger partial charge in [-0.15, -0.1) is 0 Å². The molecule has 0 radical (unpaired) electrons. The summed E-state index contributed by atoms with van der Waals surface area (Å²) in [5.41, 5.74) is 3.37. The molecular formula is C21H17Cl2NO2. The first-order valence-electron chi connectivity index (χ1n) is 8.03. The number of anilines is 1. The SMILES string of the molecule is Cc1ccc(NC(=O)c2c(C)c(Cl)cc(-c3ccccc3)c2O)c(Cl)c1. The average Bonchev–Trinajstić information content (AvgIpc) is 2.61. The molecular weight excluding hydrogens is 369 g/mol. The van der Waals surface area contributed by atoms with Crippen LogP contribution < -0.4 is 5.32 Å². The van der Waals surface area contributed by atoms with E-state index in [4.69, 9.17) is 23.2 Å². The second-order valence-corrected chi connectivity index (χ2v) is 6.87. The summed E-state index contributed by atoms with van der Waals surface area (Å²) >= 11 is 12.5. The molecule has 132 valence electrons. The Morgan fingerprint density at radius 3 is 2.31 bits per heavy atom. The standard InChI is InChI=1S/C21H17Cl2NO2/c1-12-8-9-18(17(23)10-12)24-21(26)19-13(2)16(22)11-15(20(19)25)14-6-4-3-5-7-14/h3-11,25H,1-2H3,(H,24,26). The Hall–Kier alpha value is -2.49. The highest BCUT2D eigenvalue weighted by Crippen LogP contribution is 2.38. The molecule has 1 amide bonds. The van der Waals surface area contributed by atoms with Crippen molar-refractivity contribution in [3.63, 3.8) is 0 Å². The van der Waals surface area contributed by atoms with Crippen LogP contribution in [-0.2, 0) is 0 Å². The van der Waals surface area contributed by atoms with E-state index >= 15 is 0 Å². The van der Waals surface area contributed by atoms with Gasteiger partial charge in [-0.05, 0) is 48.7 Å². The molecule has 0 aromatic heterocycles. The Morgan fingerprint density at radius 2 is 1.65 bits per heavy atom. The molecule has 3 nitrogen and oxygen atoms in total. The fourth-order valence-corrected chi connectivity index (χ4v) is 3.24. The minimum Gasteiger partial charge on any atom is -0.506 e. The van der Waals surface area contributed by atoms with E-state index in [9.17, 15) is 9.90 Å². The Kier molecular flexibility index (Phi) is 5.21. The number of carbonyl (C=O) groups is 1. The molecule has 26 heavy (non-hydrogen) atoms. The molecule has 5 heteroatoms. The van der Waals surface area contributed by atoms with Crippen LogP contribution in [0.1, 0.15) is 21.5 Å². The molecule has 0 bridgehead atoms. The van der Waals surface area contributed by atoms with Crippen LogP contribution in [0.5, 0.6) is 5.75 Å². The third kappa shape index (κ3) is 3.55. The molecule has 3 rings (SSSR count). The number of aromatic hydroxyl groups is 1. The van der Waals surface area contributed by atoms with Gasteiger partial charge in [-0.2, -0.15) is 0 Å². The number of halogens is 2. The highest BCUT2D eigenvalue weighted by molar-refractivity contribution is 6.34. The van der Waals surface area contributed by atoms with E-state index < -0.39 is 5.91 Å². The zero-order valence-corrected chi connectivity index (χ0v) is 15.8. The number of hydrogen-bond donors (Lipinski definition) is 2. The van der Waals surface area contributed by atoms with Crippen LogP contribution in [0.3, 0.4) is 0 Å². The minimum atomic E-state index is -0.467. The summed E-state index contributed by atoms with van der Waals surface area (Å²) in [6, 6.07) is 16.3. The highest BCUT2D eigenvalue weighted by atomic mass is 35.5. The summed E-state index contributed by atoms with van der Waals surface area (Å²) in [5, 5.41) is 14.3. The van der Waals surface area contributed by atoms with Gasteiger partial charge in [0.2, 0.25) is 0 Å². The molecule has 3 aromatic rings. The van der Waals surface area contributed by atoms with E-state index in [1.165, 1.54) is 0 Å². The number of rotatable bonds is 3. The fourth-order valence-electron chi connectivity index (χ4n) is 2.76. The Morgan fingerprint density at radius 1 is 0.962 bits per heavy atom. The van der Waals surface area contributed by atoms with Crippen LogP contribution in [0.4, 0.5) is 5.69 Å². The van der Waals surface area contributed by atoms with E-state index in [-0.39, 0.29) is 11.3 Å². The predicted molar refractivity (Wildman–Crippen MR) is 107 cm³/mol. The lowest BCUT2D eigenvalue weighted by molar-refractivity contribution is 0.102. The third-order valence-corrected chi connectivity index (χ3v) is 4.89. The number of aryl methyl sites for hydroxylation is 1. The smallest absolute Gasteiger partial charge is 0.259 e. The van der Waals surface area contributed by atoms with Crippen molar-refractivity contribution >= 4 is 34.8 Å². The van der Waals surface area contributed by atoms with Gasteiger partial charge in [0.05, 0.1) is 16.3 Å². The third-order valence-electron chi connectivity index (χ3n) is 4.18. The lowest BCUT2D eigenvalue weighted by Crippen LogP contribution is -2.14. The largest absolute Gasteiger partial charge is 0.506 e. The molecule has 2 N–H and O–H groups in total. The minimum absolute atomic E-state index is 0.112. The first-order chi connectivity index (χ1) is 12.4. The van der Waals surface area contributed by atoms with E-state index in [1.54, 1.807) is 25.1 Å².